The summed E-state index contributed by atoms with van der Waals surface area (Å²) in [4.78, 5) is 26.6. The van der Waals surface area contributed by atoms with Crippen LogP contribution in [-0.4, -0.2) is 35.0 Å². The third-order valence-electron chi connectivity index (χ3n) is 4.30. The number of hydrogen-bond acceptors (Lipinski definition) is 4. The third kappa shape index (κ3) is 5.07. The van der Waals surface area contributed by atoms with E-state index in [0.29, 0.717) is 24.4 Å². The summed E-state index contributed by atoms with van der Waals surface area (Å²) in [6.45, 7) is 3.11. The van der Waals surface area contributed by atoms with Gasteiger partial charge in [0.1, 0.15) is 0 Å². The monoisotopic (exact) mass is 377 g/mol. The van der Waals surface area contributed by atoms with Gasteiger partial charge in [-0.3, -0.25) is 9.59 Å². The molecule has 0 saturated carbocycles. The van der Waals surface area contributed by atoms with Crippen LogP contribution in [0.1, 0.15) is 39.1 Å². The predicted octanol–water partition coefficient (Wildman–Crippen LogP) is 3.31. The summed E-state index contributed by atoms with van der Waals surface area (Å²) in [7, 11) is 0. The van der Waals surface area contributed by atoms with Crippen LogP contribution in [0.25, 0.3) is 0 Å². The van der Waals surface area contributed by atoms with Crippen molar-refractivity contribution >= 4 is 11.8 Å². The first-order valence-corrected chi connectivity index (χ1v) is 9.29. The SMILES string of the molecule is CCNC(=O)c1cc(CN(CCc2ccccc2)C(=O)c2ccccc2)on1. The fourth-order valence-electron chi connectivity index (χ4n) is 2.86. The first kappa shape index (κ1) is 19.4. The van der Waals surface area contributed by atoms with Crippen LogP contribution in [-0.2, 0) is 13.0 Å². The third-order valence-corrected chi connectivity index (χ3v) is 4.30. The average molecular weight is 377 g/mol. The minimum absolute atomic E-state index is 0.0903. The lowest BCUT2D eigenvalue weighted by Crippen LogP contribution is -2.32. The number of hydrogen-bond donors (Lipinski definition) is 1. The van der Waals surface area contributed by atoms with Gasteiger partial charge in [0.15, 0.2) is 11.5 Å². The molecular weight excluding hydrogens is 354 g/mol. The Bertz CT molecular complexity index is 907. The van der Waals surface area contributed by atoms with E-state index in [4.69, 9.17) is 4.52 Å². The molecule has 0 aliphatic rings. The molecule has 6 nitrogen and oxygen atoms in total. The van der Waals surface area contributed by atoms with E-state index in [1.807, 2.05) is 55.5 Å². The van der Waals surface area contributed by atoms with E-state index >= 15 is 0 Å². The molecule has 1 heterocycles. The summed E-state index contributed by atoms with van der Waals surface area (Å²) >= 11 is 0. The second kappa shape index (κ2) is 9.50. The summed E-state index contributed by atoms with van der Waals surface area (Å²) in [6.07, 6.45) is 0.719. The average Bonchev–Trinajstić information content (AvgIpc) is 3.21. The van der Waals surface area contributed by atoms with Crippen LogP contribution in [0.15, 0.2) is 71.3 Å². The molecule has 2 aromatic carbocycles. The summed E-state index contributed by atoms with van der Waals surface area (Å²) in [5.74, 6) is 0.0915. The molecule has 0 radical (unpaired) electrons. The Morgan fingerprint density at radius 1 is 1.04 bits per heavy atom. The normalized spacial score (nSPS) is 10.5. The number of nitrogens with zero attached hydrogens (tertiary/aromatic N) is 2. The molecule has 0 aliphatic heterocycles. The second-order valence-electron chi connectivity index (χ2n) is 6.37. The molecule has 6 heteroatoms. The van der Waals surface area contributed by atoms with Crippen LogP contribution in [0.5, 0.6) is 0 Å². The largest absolute Gasteiger partial charge is 0.359 e. The molecule has 3 rings (SSSR count). The van der Waals surface area contributed by atoms with E-state index in [0.717, 1.165) is 12.0 Å². The van der Waals surface area contributed by atoms with Gasteiger partial charge in [-0.05, 0) is 31.0 Å². The van der Waals surface area contributed by atoms with Gasteiger partial charge in [-0.15, -0.1) is 0 Å². The molecule has 0 aliphatic carbocycles. The van der Waals surface area contributed by atoms with Crippen molar-refractivity contribution in [3.8, 4) is 0 Å². The van der Waals surface area contributed by atoms with Crippen LogP contribution >= 0.6 is 0 Å². The summed E-state index contributed by atoms with van der Waals surface area (Å²) in [6, 6.07) is 20.7. The van der Waals surface area contributed by atoms with Crippen molar-refractivity contribution in [1.29, 1.82) is 0 Å². The smallest absolute Gasteiger partial charge is 0.273 e. The predicted molar refractivity (Wildman–Crippen MR) is 106 cm³/mol. The Kier molecular flexibility index (Phi) is 6.57. The second-order valence-corrected chi connectivity index (χ2v) is 6.37. The molecule has 144 valence electrons. The Labute approximate surface area is 164 Å². The van der Waals surface area contributed by atoms with Crippen molar-refractivity contribution in [3.63, 3.8) is 0 Å². The van der Waals surface area contributed by atoms with Crippen LogP contribution in [0.4, 0.5) is 0 Å². The molecule has 0 spiro atoms. The molecular formula is C22H23N3O3. The van der Waals surface area contributed by atoms with Crippen LogP contribution in [0, 0.1) is 0 Å². The van der Waals surface area contributed by atoms with E-state index in [9.17, 15) is 9.59 Å². The highest BCUT2D eigenvalue weighted by molar-refractivity contribution is 5.94. The molecule has 0 atom stereocenters. The maximum absolute atomic E-state index is 13.0. The van der Waals surface area contributed by atoms with E-state index in [2.05, 4.69) is 10.5 Å². The van der Waals surface area contributed by atoms with Gasteiger partial charge in [0.05, 0.1) is 6.54 Å². The number of benzene rings is 2. The molecule has 2 amide bonds. The van der Waals surface area contributed by atoms with Crippen molar-refractivity contribution in [2.45, 2.75) is 19.9 Å². The lowest BCUT2D eigenvalue weighted by Gasteiger charge is -2.21. The van der Waals surface area contributed by atoms with Gasteiger partial charge in [0.2, 0.25) is 0 Å². The molecule has 1 aromatic heterocycles. The van der Waals surface area contributed by atoms with Gasteiger partial charge in [-0.1, -0.05) is 53.7 Å². The van der Waals surface area contributed by atoms with E-state index in [-0.39, 0.29) is 24.1 Å². The highest BCUT2D eigenvalue weighted by atomic mass is 16.5. The standard InChI is InChI=1S/C22H23N3O3/c1-2-23-21(26)20-15-19(28-24-20)16-25(14-13-17-9-5-3-6-10-17)22(27)18-11-7-4-8-12-18/h3-12,15H,2,13-14,16H2,1H3,(H,23,26). The maximum Gasteiger partial charge on any atom is 0.273 e. The summed E-state index contributed by atoms with van der Waals surface area (Å²) in [5, 5.41) is 6.49. The van der Waals surface area contributed by atoms with Crippen molar-refractivity contribution < 1.29 is 14.1 Å². The summed E-state index contributed by atoms with van der Waals surface area (Å²) in [5.41, 5.74) is 1.97. The molecule has 28 heavy (non-hydrogen) atoms. The van der Waals surface area contributed by atoms with Crippen molar-refractivity contribution in [3.05, 3.63) is 89.3 Å². The van der Waals surface area contributed by atoms with Gasteiger partial charge in [0, 0.05) is 24.7 Å². The molecule has 1 N–H and O–H groups in total. The maximum atomic E-state index is 13.0. The first-order chi connectivity index (χ1) is 13.7. The van der Waals surface area contributed by atoms with Crippen molar-refractivity contribution in [2.24, 2.45) is 0 Å². The lowest BCUT2D eigenvalue weighted by atomic mass is 10.1. The van der Waals surface area contributed by atoms with Crippen LogP contribution < -0.4 is 5.32 Å². The van der Waals surface area contributed by atoms with Crippen molar-refractivity contribution in [1.82, 2.24) is 15.4 Å². The van der Waals surface area contributed by atoms with Gasteiger partial charge in [0.25, 0.3) is 11.8 Å². The first-order valence-electron chi connectivity index (χ1n) is 9.29. The molecule has 0 bridgehead atoms. The highest BCUT2D eigenvalue weighted by Gasteiger charge is 2.19. The highest BCUT2D eigenvalue weighted by Crippen LogP contribution is 2.13. The van der Waals surface area contributed by atoms with Crippen LogP contribution in [0.3, 0.4) is 0 Å². The van der Waals surface area contributed by atoms with Gasteiger partial charge >= 0.3 is 0 Å². The minimum Gasteiger partial charge on any atom is -0.359 e. The van der Waals surface area contributed by atoms with E-state index in [1.165, 1.54) is 0 Å². The number of rotatable bonds is 8. The van der Waals surface area contributed by atoms with Crippen molar-refractivity contribution in [2.75, 3.05) is 13.1 Å². The molecule has 3 aromatic rings. The fraction of sp³-hybridized carbons (Fsp3) is 0.227. The zero-order valence-electron chi connectivity index (χ0n) is 15.8. The lowest BCUT2D eigenvalue weighted by molar-refractivity contribution is 0.0729. The zero-order chi connectivity index (χ0) is 19.8. The summed E-state index contributed by atoms with van der Waals surface area (Å²) < 4.78 is 5.30. The Balaban J connectivity index is 1.75. The Morgan fingerprint density at radius 3 is 2.39 bits per heavy atom. The van der Waals surface area contributed by atoms with Gasteiger partial charge in [-0.2, -0.15) is 0 Å². The minimum atomic E-state index is -0.289. The molecule has 0 fully saturated rings. The van der Waals surface area contributed by atoms with E-state index in [1.54, 1.807) is 23.1 Å². The topological polar surface area (TPSA) is 75.4 Å². The number of carbonyl (C=O) groups excluding carboxylic acids is 2. The van der Waals surface area contributed by atoms with Gasteiger partial charge in [-0.25, -0.2) is 0 Å². The Morgan fingerprint density at radius 2 is 1.71 bits per heavy atom. The Hall–Kier alpha value is -3.41. The van der Waals surface area contributed by atoms with Gasteiger partial charge < -0.3 is 14.7 Å². The zero-order valence-corrected chi connectivity index (χ0v) is 15.8. The van der Waals surface area contributed by atoms with E-state index < -0.39 is 0 Å². The fourth-order valence-corrected chi connectivity index (χ4v) is 2.86. The van der Waals surface area contributed by atoms with Crippen LogP contribution in [0.2, 0.25) is 0 Å². The molecule has 0 unspecified atom stereocenters. The number of aromatic nitrogens is 1. The quantitative estimate of drug-likeness (QED) is 0.653. The number of carbonyl (C=O) groups is 2. The molecule has 0 saturated heterocycles. The number of amides is 2. The number of nitrogens with one attached hydrogen (secondary N) is 1.